The Morgan fingerprint density at radius 1 is 0.625 bits per heavy atom. The molecule has 0 aliphatic rings. The third kappa shape index (κ3) is 2.29. The van der Waals surface area contributed by atoms with Gasteiger partial charge in [0.25, 0.3) is 0 Å². The highest BCUT2D eigenvalue weighted by atomic mass is 16.3. The molecule has 0 bridgehead atoms. The van der Waals surface area contributed by atoms with Crippen LogP contribution in [0, 0.1) is 0 Å². The molecule has 0 amide bonds. The van der Waals surface area contributed by atoms with Gasteiger partial charge in [-0.05, 0) is 23.3 Å². The second-order valence-electron chi connectivity index (χ2n) is 5.82. The van der Waals surface area contributed by atoms with Crippen molar-refractivity contribution < 1.29 is 5.11 Å². The van der Waals surface area contributed by atoms with Crippen LogP contribution in [0.5, 0.6) is 0 Å². The first-order valence-electron chi connectivity index (χ1n) is 7.98. The fourth-order valence-electron chi connectivity index (χ4n) is 3.25. The predicted octanol–water partition coefficient (Wildman–Crippen LogP) is 4.52. The van der Waals surface area contributed by atoms with Gasteiger partial charge in [-0.25, -0.2) is 0 Å². The summed E-state index contributed by atoms with van der Waals surface area (Å²) in [6.45, 7) is 0. The van der Waals surface area contributed by atoms with E-state index in [2.05, 4.69) is 4.98 Å². The van der Waals surface area contributed by atoms with E-state index in [9.17, 15) is 5.11 Å². The van der Waals surface area contributed by atoms with E-state index in [0.29, 0.717) is 0 Å². The number of fused-ring (bicyclic) bond motifs is 1. The molecule has 0 unspecified atom stereocenters. The van der Waals surface area contributed by atoms with Crippen molar-refractivity contribution in [2.45, 2.75) is 5.60 Å². The third-order valence-electron chi connectivity index (χ3n) is 4.42. The van der Waals surface area contributed by atoms with Crippen LogP contribution in [0.25, 0.3) is 10.9 Å². The minimum Gasteiger partial charge on any atom is -0.376 e. The molecule has 0 fully saturated rings. The van der Waals surface area contributed by atoms with Crippen molar-refractivity contribution in [1.82, 2.24) is 4.98 Å². The second kappa shape index (κ2) is 5.91. The number of aromatic nitrogens is 1. The Bertz CT molecular complexity index is 920. The Kier molecular flexibility index (Phi) is 3.60. The summed E-state index contributed by atoms with van der Waals surface area (Å²) in [7, 11) is 0. The number of nitrogens with zero attached hydrogens (tertiary/aromatic N) is 1. The number of para-hydroxylation sites is 1. The molecule has 0 spiro atoms. The topological polar surface area (TPSA) is 33.1 Å². The van der Waals surface area contributed by atoms with Crippen molar-refractivity contribution in [3.63, 3.8) is 0 Å². The van der Waals surface area contributed by atoms with Crippen molar-refractivity contribution >= 4 is 10.9 Å². The third-order valence-corrected chi connectivity index (χ3v) is 4.42. The molecule has 0 atom stereocenters. The molecule has 0 aliphatic heterocycles. The van der Waals surface area contributed by atoms with Gasteiger partial charge in [-0.2, -0.15) is 0 Å². The van der Waals surface area contributed by atoms with Gasteiger partial charge in [0.2, 0.25) is 0 Å². The zero-order chi connectivity index (χ0) is 16.4. The van der Waals surface area contributed by atoms with Gasteiger partial charge in [0, 0.05) is 17.1 Å². The molecule has 0 radical (unpaired) electrons. The molecule has 2 heteroatoms. The van der Waals surface area contributed by atoms with E-state index in [0.717, 1.165) is 27.6 Å². The van der Waals surface area contributed by atoms with E-state index < -0.39 is 5.60 Å². The predicted molar refractivity (Wildman–Crippen MR) is 96.7 cm³/mol. The van der Waals surface area contributed by atoms with Crippen molar-refractivity contribution in [2.24, 2.45) is 0 Å². The van der Waals surface area contributed by atoms with Crippen LogP contribution in [0.1, 0.15) is 16.7 Å². The van der Waals surface area contributed by atoms with Crippen LogP contribution < -0.4 is 0 Å². The molecule has 4 aromatic rings. The molecule has 1 heterocycles. The summed E-state index contributed by atoms with van der Waals surface area (Å²) < 4.78 is 0. The number of hydrogen-bond acceptors (Lipinski definition) is 2. The zero-order valence-corrected chi connectivity index (χ0v) is 13.1. The van der Waals surface area contributed by atoms with E-state index in [1.54, 1.807) is 6.20 Å². The average molecular weight is 311 g/mol. The first-order valence-corrected chi connectivity index (χ1v) is 7.98. The Balaban J connectivity index is 2.07. The molecule has 3 aromatic carbocycles. The molecule has 0 saturated carbocycles. The van der Waals surface area contributed by atoms with Crippen LogP contribution in [0.15, 0.2) is 97.2 Å². The molecule has 24 heavy (non-hydrogen) atoms. The first kappa shape index (κ1) is 14.6. The van der Waals surface area contributed by atoms with E-state index in [1.807, 2.05) is 91.0 Å². The van der Waals surface area contributed by atoms with Gasteiger partial charge in [0.1, 0.15) is 5.60 Å². The number of benzene rings is 3. The lowest BCUT2D eigenvalue weighted by Gasteiger charge is -2.31. The van der Waals surface area contributed by atoms with Gasteiger partial charge in [0.05, 0.1) is 5.52 Å². The maximum atomic E-state index is 11.9. The van der Waals surface area contributed by atoms with E-state index >= 15 is 0 Å². The van der Waals surface area contributed by atoms with Crippen LogP contribution in [0.3, 0.4) is 0 Å². The summed E-state index contributed by atoms with van der Waals surface area (Å²) >= 11 is 0. The number of hydrogen-bond donors (Lipinski definition) is 1. The Morgan fingerprint density at radius 2 is 1.17 bits per heavy atom. The van der Waals surface area contributed by atoms with Crippen molar-refractivity contribution in [3.05, 3.63) is 114 Å². The van der Waals surface area contributed by atoms with Crippen LogP contribution in [0.4, 0.5) is 0 Å². The maximum absolute atomic E-state index is 11.9. The van der Waals surface area contributed by atoms with Crippen LogP contribution in [-0.2, 0) is 5.60 Å². The highest BCUT2D eigenvalue weighted by Gasteiger charge is 2.35. The molecule has 116 valence electrons. The minimum absolute atomic E-state index is 0.838. The van der Waals surface area contributed by atoms with Crippen molar-refractivity contribution in [1.29, 1.82) is 0 Å². The first-order chi connectivity index (χ1) is 11.8. The molecular weight excluding hydrogens is 294 g/mol. The van der Waals surface area contributed by atoms with Gasteiger partial charge < -0.3 is 5.11 Å². The summed E-state index contributed by atoms with van der Waals surface area (Å²) in [5.41, 5.74) is 2.16. The van der Waals surface area contributed by atoms with Crippen LogP contribution in [-0.4, -0.2) is 10.1 Å². The van der Waals surface area contributed by atoms with Gasteiger partial charge in [-0.1, -0.05) is 78.9 Å². The van der Waals surface area contributed by atoms with E-state index in [1.165, 1.54) is 0 Å². The summed E-state index contributed by atoms with van der Waals surface area (Å²) in [6, 6.07) is 29.4. The van der Waals surface area contributed by atoms with E-state index in [4.69, 9.17) is 0 Å². The van der Waals surface area contributed by atoms with Gasteiger partial charge in [-0.15, -0.1) is 0 Å². The number of pyridine rings is 1. The molecule has 0 saturated heterocycles. The SMILES string of the molecule is OC(c1ccccc1)(c1ccccc1)c1ccnc2ccccc12. The quantitative estimate of drug-likeness (QED) is 0.603. The molecule has 4 rings (SSSR count). The van der Waals surface area contributed by atoms with Gasteiger partial charge >= 0.3 is 0 Å². The second-order valence-corrected chi connectivity index (χ2v) is 5.82. The van der Waals surface area contributed by atoms with Gasteiger partial charge in [0.15, 0.2) is 0 Å². The number of aliphatic hydroxyl groups is 1. The van der Waals surface area contributed by atoms with Crippen LogP contribution in [0.2, 0.25) is 0 Å². The highest BCUT2D eigenvalue weighted by Crippen LogP contribution is 2.39. The van der Waals surface area contributed by atoms with Crippen molar-refractivity contribution in [3.8, 4) is 0 Å². The smallest absolute Gasteiger partial charge is 0.141 e. The zero-order valence-electron chi connectivity index (χ0n) is 13.1. The van der Waals surface area contributed by atoms with E-state index in [-0.39, 0.29) is 0 Å². The lowest BCUT2D eigenvalue weighted by molar-refractivity contribution is 0.127. The summed E-state index contributed by atoms with van der Waals surface area (Å²) in [6.07, 6.45) is 1.76. The lowest BCUT2D eigenvalue weighted by Crippen LogP contribution is -2.29. The monoisotopic (exact) mass is 311 g/mol. The Labute approximate surface area is 141 Å². The highest BCUT2D eigenvalue weighted by molar-refractivity contribution is 5.84. The molecule has 1 N–H and O–H groups in total. The Hall–Kier alpha value is -2.97. The molecule has 2 nitrogen and oxygen atoms in total. The lowest BCUT2D eigenvalue weighted by atomic mass is 9.79. The maximum Gasteiger partial charge on any atom is 0.141 e. The normalized spacial score (nSPS) is 11.5. The summed E-state index contributed by atoms with van der Waals surface area (Å²) in [4.78, 5) is 4.43. The molecule has 0 aliphatic carbocycles. The van der Waals surface area contributed by atoms with Crippen LogP contribution >= 0.6 is 0 Å². The number of rotatable bonds is 3. The largest absolute Gasteiger partial charge is 0.376 e. The Morgan fingerprint density at radius 3 is 1.79 bits per heavy atom. The molecular formula is C22H17NO. The average Bonchev–Trinajstić information content (AvgIpc) is 2.68. The summed E-state index contributed by atoms with van der Waals surface area (Å²) in [5, 5.41) is 12.8. The van der Waals surface area contributed by atoms with Crippen molar-refractivity contribution in [2.75, 3.05) is 0 Å². The van der Waals surface area contributed by atoms with Gasteiger partial charge in [-0.3, -0.25) is 4.98 Å². The standard InChI is InChI=1S/C22H17NO/c24-22(17-9-3-1-4-10-17,18-11-5-2-6-12-18)20-15-16-23-21-14-8-7-13-19(20)21/h1-16,24H. The summed E-state index contributed by atoms with van der Waals surface area (Å²) in [5.74, 6) is 0. The fraction of sp³-hybridized carbons (Fsp3) is 0.0455. The minimum atomic E-state index is -1.23. The fourth-order valence-corrected chi connectivity index (χ4v) is 3.25. The molecule has 1 aromatic heterocycles.